The maximum Gasteiger partial charge on any atom is 0.407 e. The molecule has 0 aromatic heterocycles. The highest BCUT2D eigenvalue weighted by Gasteiger charge is 2.10. The SMILES string of the molecule is COC(=O)CC(=O)CCNC(=O)CNC(=O)OCc1ccccc1. The smallest absolute Gasteiger partial charge is 0.407 e. The van der Waals surface area contributed by atoms with E-state index in [1.54, 1.807) is 0 Å². The fourth-order valence-electron chi connectivity index (χ4n) is 1.65. The number of carbonyl (C=O) groups is 4. The zero-order chi connectivity index (χ0) is 17.8. The highest BCUT2D eigenvalue weighted by atomic mass is 16.5. The number of hydrogen-bond acceptors (Lipinski definition) is 6. The van der Waals surface area contributed by atoms with Crippen molar-refractivity contribution in [3.05, 3.63) is 35.9 Å². The quantitative estimate of drug-likeness (QED) is 0.503. The van der Waals surface area contributed by atoms with Gasteiger partial charge in [0.2, 0.25) is 5.91 Å². The zero-order valence-electron chi connectivity index (χ0n) is 13.4. The number of carbonyl (C=O) groups excluding carboxylic acids is 4. The van der Waals surface area contributed by atoms with Crippen LogP contribution in [0.2, 0.25) is 0 Å². The van der Waals surface area contributed by atoms with Gasteiger partial charge < -0.3 is 20.1 Å². The second kappa shape index (κ2) is 10.8. The molecule has 0 aliphatic carbocycles. The number of esters is 1. The third-order valence-electron chi connectivity index (χ3n) is 2.90. The van der Waals surface area contributed by atoms with E-state index in [-0.39, 0.29) is 38.3 Å². The number of methoxy groups -OCH3 is 1. The van der Waals surface area contributed by atoms with E-state index in [2.05, 4.69) is 15.4 Å². The molecule has 1 aromatic rings. The van der Waals surface area contributed by atoms with Crippen LogP contribution in [0, 0.1) is 0 Å². The van der Waals surface area contributed by atoms with Crippen LogP contribution in [0.1, 0.15) is 18.4 Å². The van der Waals surface area contributed by atoms with Crippen LogP contribution in [0.3, 0.4) is 0 Å². The lowest BCUT2D eigenvalue weighted by molar-refractivity contribution is -0.143. The largest absolute Gasteiger partial charge is 0.469 e. The van der Waals surface area contributed by atoms with Gasteiger partial charge in [-0.25, -0.2) is 4.79 Å². The van der Waals surface area contributed by atoms with Gasteiger partial charge in [0.15, 0.2) is 0 Å². The summed E-state index contributed by atoms with van der Waals surface area (Å²) in [7, 11) is 1.19. The lowest BCUT2D eigenvalue weighted by Crippen LogP contribution is -2.38. The van der Waals surface area contributed by atoms with Crippen LogP contribution in [-0.4, -0.2) is 44.0 Å². The van der Waals surface area contributed by atoms with E-state index >= 15 is 0 Å². The van der Waals surface area contributed by atoms with Gasteiger partial charge in [-0.2, -0.15) is 0 Å². The zero-order valence-corrected chi connectivity index (χ0v) is 13.4. The summed E-state index contributed by atoms with van der Waals surface area (Å²) in [5, 5.41) is 4.75. The molecule has 8 heteroatoms. The van der Waals surface area contributed by atoms with Crippen molar-refractivity contribution in [2.75, 3.05) is 20.2 Å². The van der Waals surface area contributed by atoms with E-state index in [0.717, 1.165) is 5.56 Å². The Kier molecular flexibility index (Phi) is 8.59. The van der Waals surface area contributed by atoms with Crippen LogP contribution >= 0.6 is 0 Å². The van der Waals surface area contributed by atoms with Gasteiger partial charge in [-0.3, -0.25) is 14.4 Å². The molecule has 0 atom stereocenters. The van der Waals surface area contributed by atoms with Gasteiger partial charge in [0.25, 0.3) is 0 Å². The number of benzene rings is 1. The minimum absolute atomic E-state index is 0.0132. The van der Waals surface area contributed by atoms with E-state index in [9.17, 15) is 19.2 Å². The molecule has 1 aromatic carbocycles. The molecule has 0 aliphatic rings. The Morgan fingerprint density at radius 1 is 1.04 bits per heavy atom. The summed E-state index contributed by atoms with van der Waals surface area (Å²) in [6, 6.07) is 9.12. The van der Waals surface area contributed by atoms with Gasteiger partial charge in [-0.1, -0.05) is 30.3 Å². The van der Waals surface area contributed by atoms with Gasteiger partial charge >= 0.3 is 12.1 Å². The number of nitrogens with one attached hydrogen (secondary N) is 2. The maximum atomic E-state index is 11.5. The first-order valence-electron chi connectivity index (χ1n) is 7.31. The number of hydrogen-bond donors (Lipinski definition) is 2. The Morgan fingerprint density at radius 3 is 2.42 bits per heavy atom. The van der Waals surface area contributed by atoms with Crippen molar-refractivity contribution in [3.63, 3.8) is 0 Å². The Labute approximate surface area is 139 Å². The summed E-state index contributed by atoms with van der Waals surface area (Å²) >= 11 is 0. The standard InChI is InChI=1S/C16H20N2O6/c1-23-15(21)9-13(19)7-8-17-14(20)10-18-16(22)24-11-12-5-3-2-4-6-12/h2-6H,7-11H2,1H3,(H,17,20)(H,18,22). The molecule has 1 rings (SSSR count). The summed E-state index contributed by atoms with van der Waals surface area (Å²) in [6.07, 6.45) is -1.02. The van der Waals surface area contributed by atoms with E-state index in [4.69, 9.17) is 4.74 Å². The second-order valence-electron chi connectivity index (χ2n) is 4.81. The summed E-state index contributed by atoms with van der Waals surface area (Å²) in [5.41, 5.74) is 0.834. The third kappa shape index (κ3) is 8.52. The molecule has 0 fully saturated rings. The van der Waals surface area contributed by atoms with Gasteiger partial charge in [0, 0.05) is 13.0 Å². The first-order chi connectivity index (χ1) is 11.5. The summed E-state index contributed by atoms with van der Waals surface area (Å²) in [4.78, 5) is 45.1. The molecule has 0 bridgehead atoms. The van der Waals surface area contributed by atoms with Gasteiger partial charge in [0.05, 0.1) is 13.7 Å². The van der Waals surface area contributed by atoms with E-state index < -0.39 is 18.0 Å². The molecule has 0 heterocycles. The number of amides is 2. The topological polar surface area (TPSA) is 111 Å². The first-order valence-corrected chi connectivity index (χ1v) is 7.31. The second-order valence-corrected chi connectivity index (χ2v) is 4.81. The first kappa shape index (κ1) is 19.1. The minimum Gasteiger partial charge on any atom is -0.469 e. The molecule has 0 aliphatic heterocycles. The van der Waals surface area contributed by atoms with Crippen LogP contribution in [0.15, 0.2) is 30.3 Å². The predicted octanol–water partition coefficient (Wildman–Crippen LogP) is 0.551. The molecule has 8 nitrogen and oxygen atoms in total. The normalized spacial score (nSPS) is 9.71. The molecule has 0 saturated heterocycles. The van der Waals surface area contributed by atoms with Crippen molar-refractivity contribution in [2.45, 2.75) is 19.4 Å². The maximum absolute atomic E-state index is 11.5. The van der Waals surface area contributed by atoms with E-state index in [1.807, 2.05) is 30.3 Å². The lowest BCUT2D eigenvalue weighted by Gasteiger charge is -2.08. The molecule has 0 spiro atoms. The molecule has 130 valence electrons. The van der Waals surface area contributed by atoms with Crippen LogP contribution in [-0.2, 0) is 30.5 Å². The van der Waals surface area contributed by atoms with Gasteiger partial charge in [-0.05, 0) is 5.56 Å². The molecule has 2 amide bonds. The lowest BCUT2D eigenvalue weighted by atomic mass is 10.2. The van der Waals surface area contributed by atoms with Crippen LogP contribution in [0.5, 0.6) is 0 Å². The number of Topliss-reactive ketones (excluding diaryl/α,β-unsaturated/α-hetero) is 1. The number of alkyl carbamates (subject to hydrolysis) is 1. The summed E-state index contributed by atoms with van der Waals surface area (Å²) < 4.78 is 9.30. The highest BCUT2D eigenvalue weighted by molar-refractivity contribution is 5.95. The van der Waals surface area contributed by atoms with Crippen molar-refractivity contribution in [2.24, 2.45) is 0 Å². The van der Waals surface area contributed by atoms with Crippen molar-refractivity contribution < 1.29 is 28.7 Å². The van der Waals surface area contributed by atoms with Crippen molar-refractivity contribution >= 4 is 23.8 Å². The molecular weight excluding hydrogens is 316 g/mol. The molecule has 0 radical (unpaired) electrons. The van der Waals surface area contributed by atoms with E-state index in [0.29, 0.717) is 0 Å². The van der Waals surface area contributed by atoms with E-state index in [1.165, 1.54) is 7.11 Å². The molecule has 0 unspecified atom stereocenters. The van der Waals surface area contributed by atoms with Crippen molar-refractivity contribution in [3.8, 4) is 0 Å². The van der Waals surface area contributed by atoms with Crippen LogP contribution in [0.4, 0.5) is 4.79 Å². The molecule has 24 heavy (non-hydrogen) atoms. The van der Waals surface area contributed by atoms with Crippen LogP contribution in [0.25, 0.3) is 0 Å². The molecule has 2 N–H and O–H groups in total. The predicted molar refractivity (Wildman–Crippen MR) is 83.9 cm³/mol. The van der Waals surface area contributed by atoms with Gasteiger partial charge in [-0.15, -0.1) is 0 Å². The fourth-order valence-corrected chi connectivity index (χ4v) is 1.65. The average Bonchev–Trinajstić information content (AvgIpc) is 2.58. The molecular formula is C16H20N2O6. The van der Waals surface area contributed by atoms with Gasteiger partial charge in [0.1, 0.15) is 18.8 Å². The fraction of sp³-hybridized carbons (Fsp3) is 0.375. The minimum atomic E-state index is -0.712. The van der Waals surface area contributed by atoms with Crippen molar-refractivity contribution in [1.29, 1.82) is 0 Å². The Morgan fingerprint density at radius 2 is 1.75 bits per heavy atom. The third-order valence-corrected chi connectivity index (χ3v) is 2.90. The summed E-state index contributed by atoms with van der Waals surface area (Å²) in [5.74, 6) is -1.41. The Balaban J connectivity index is 2.11. The van der Waals surface area contributed by atoms with Crippen molar-refractivity contribution in [1.82, 2.24) is 10.6 Å². The Hall–Kier alpha value is -2.90. The monoisotopic (exact) mass is 336 g/mol. The number of ketones is 1. The number of rotatable bonds is 9. The number of ether oxygens (including phenoxy) is 2. The summed E-state index contributed by atoms with van der Waals surface area (Å²) in [6.45, 7) is -0.0788. The molecule has 0 saturated carbocycles. The highest BCUT2D eigenvalue weighted by Crippen LogP contribution is 2.00. The average molecular weight is 336 g/mol. The van der Waals surface area contributed by atoms with Crippen LogP contribution < -0.4 is 10.6 Å². The Bertz CT molecular complexity index is 573.